The first-order valence-corrected chi connectivity index (χ1v) is 9.89. The summed E-state index contributed by atoms with van der Waals surface area (Å²) in [5, 5.41) is 11.1. The molecule has 2 aromatic carbocycles. The molecule has 0 saturated carbocycles. The number of aryl methyl sites for hydroxylation is 1. The van der Waals surface area contributed by atoms with E-state index in [0.717, 1.165) is 5.56 Å². The molecule has 0 bridgehead atoms. The zero-order valence-corrected chi connectivity index (χ0v) is 17.3. The number of benzene rings is 2. The SMILES string of the molecule is COc1ccccc1C1/C(=C(/O)c2ccc(C)cc2)C(=O)C(=O)N1Cc1ccccn1. The highest BCUT2D eigenvalue weighted by Crippen LogP contribution is 2.43. The average molecular weight is 414 g/mol. The maximum absolute atomic E-state index is 13.1. The first kappa shape index (κ1) is 20.3. The number of Topliss-reactive ketones (excluding diaryl/α,β-unsaturated/α-hetero) is 1. The summed E-state index contributed by atoms with van der Waals surface area (Å²) in [4.78, 5) is 31.9. The van der Waals surface area contributed by atoms with Crippen molar-refractivity contribution in [1.82, 2.24) is 9.88 Å². The third-order valence-corrected chi connectivity index (χ3v) is 5.36. The number of aliphatic hydroxyl groups excluding tert-OH is 1. The Morgan fingerprint density at radius 1 is 1.03 bits per heavy atom. The zero-order valence-electron chi connectivity index (χ0n) is 17.3. The number of carbonyl (C=O) groups is 2. The monoisotopic (exact) mass is 414 g/mol. The number of likely N-dealkylation sites (tertiary alicyclic amines) is 1. The molecular formula is C25H22N2O4. The number of para-hydroxylation sites is 1. The van der Waals surface area contributed by atoms with Gasteiger partial charge in [-0.25, -0.2) is 0 Å². The van der Waals surface area contributed by atoms with Crippen molar-refractivity contribution in [1.29, 1.82) is 0 Å². The van der Waals surface area contributed by atoms with E-state index in [1.54, 1.807) is 42.6 Å². The van der Waals surface area contributed by atoms with E-state index in [0.29, 0.717) is 22.6 Å². The van der Waals surface area contributed by atoms with Crippen molar-refractivity contribution in [3.05, 3.63) is 101 Å². The topological polar surface area (TPSA) is 79.7 Å². The van der Waals surface area contributed by atoms with Gasteiger partial charge in [0.25, 0.3) is 11.7 Å². The minimum Gasteiger partial charge on any atom is -0.507 e. The number of amides is 1. The van der Waals surface area contributed by atoms with Crippen LogP contribution in [0.4, 0.5) is 0 Å². The van der Waals surface area contributed by atoms with E-state index in [1.807, 2.05) is 37.3 Å². The molecule has 31 heavy (non-hydrogen) atoms. The molecule has 1 aliphatic heterocycles. The van der Waals surface area contributed by atoms with Crippen molar-refractivity contribution in [2.45, 2.75) is 19.5 Å². The van der Waals surface area contributed by atoms with Gasteiger partial charge in [0, 0.05) is 17.3 Å². The summed E-state index contributed by atoms with van der Waals surface area (Å²) in [5.41, 5.74) is 2.79. The van der Waals surface area contributed by atoms with Gasteiger partial charge in [0.15, 0.2) is 0 Å². The van der Waals surface area contributed by atoms with E-state index in [2.05, 4.69) is 4.98 Å². The van der Waals surface area contributed by atoms with Crippen LogP contribution in [-0.4, -0.2) is 33.8 Å². The number of aliphatic hydroxyl groups is 1. The number of ketones is 1. The fraction of sp³-hybridized carbons (Fsp3) is 0.160. The second-order valence-electron chi connectivity index (χ2n) is 7.36. The van der Waals surface area contributed by atoms with E-state index in [1.165, 1.54) is 12.0 Å². The minimum atomic E-state index is -0.806. The smallest absolute Gasteiger partial charge is 0.296 e. The number of hydrogen-bond donors (Lipinski definition) is 1. The van der Waals surface area contributed by atoms with E-state index in [-0.39, 0.29) is 17.9 Å². The maximum atomic E-state index is 13.1. The van der Waals surface area contributed by atoms with Gasteiger partial charge in [0.2, 0.25) is 0 Å². The van der Waals surface area contributed by atoms with Gasteiger partial charge >= 0.3 is 0 Å². The Balaban J connectivity index is 1.90. The lowest BCUT2D eigenvalue weighted by molar-refractivity contribution is -0.140. The third kappa shape index (κ3) is 3.80. The number of methoxy groups -OCH3 is 1. The fourth-order valence-corrected chi connectivity index (χ4v) is 3.79. The molecule has 6 heteroatoms. The van der Waals surface area contributed by atoms with Crippen LogP contribution in [0.1, 0.15) is 28.4 Å². The van der Waals surface area contributed by atoms with Crippen LogP contribution in [0.15, 0.2) is 78.5 Å². The average Bonchev–Trinajstić information content (AvgIpc) is 3.04. The summed E-state index contributed by atoms with van der Waals surface area (Å²) in [6.45, 7) is 2.06. The minimum absolute atomic E-state index is 0.0364. The Labute approximate surface area is 180 Å². The predicted molar refractivity (Wildman–Crippen MR) is 116 cm³/mol. The van der Waals surface area contributed by atoms with Crippen molar-refractivity contribution in [2.24, 2.45) is 0 Å². The van der Waals surface area contributed by atoms with Crippen LogP contribution >= 0.6 is 0 Å². The number of nitrogens with zero attached hydrogens (tertiary/aromatic N) is 2. The number of hydrogen-bond acceptors (Lipinski definition) is 5. The predicted octanol–water partition coefficient (Wildman–Crippen LogP) is 4.02. The highest BCUT2D eigenvalue weighted by Gasteiger charge is 2.47. The fourth-order valence-electron chi connectivity index (χ4n) is 3.79. The van der Waals surface area contributed by atoms with Gasteiger partial charge in [-0.1, -0.05) is 54.1 Å². The second kappa shape index (κ2) is 8.44. The molecule has 1 N–H and O–H groups in total. The molecule has 156 valence electrons. The first-order valence-electron chi connectivity index (χ1n) is 9.89. The number of carbonyl (C=O) groups excluding carboxylic acids is 2. The Hall–Kier alpha value is -3.93. The van der Waals surface area contributed by atoms with Gasteiger partial charge in [-0.05, 0) is 25.1 Å². The molecule has 1 atom stereocenters. The van der Waals surface area contributed by atoms with Gasteiger partial charge < -0.3 is 14.7 Å². The molecule has 1 amide bonds. The summed E-state index contributed by atoms with van der Waals surface area (Å²) in [5.74, 6) is -1.10. The van der Waals surface area contributed by atoms with Gasteiger partial charge in [0.1, 0.15) is 11.5 Å². The van der Waals surface area contributed by atoms with Crippen LogP contribution in [0.2, 0.25) is 0 Å². The van der Waals surface area contributed by atoms with E-state index in [4.69, 9.17) is 4.74 Å². The molecule has 4 rings (SSSR count). The van der Waals surface area contributed by atoms with Crippen LogP contribution in [0.5, 0.6) is 5.75 Å². The number of aromatic nitrogens is 1. The number of ether oxygens (including phenoxy) is 1. The maximum Gasteiger partial charge on any atom is 0.296 e. The molecule has 0 aliphatic carbocycles. The summed E-state index contributed by atoms with van der Waals surface area (Å²) in [7, 11) is 1.53. The van der Waals surface area contributed by atoms with E-state index >= 15 is 0 Å². The molecule has 0 spiro atoms. The normalized spacial score (nSPS) is 17.7. The molecule has 1 unspecified atom stereocenters. The van der Waals surface area contributed by atoms with E-state index in [9.17, 15) is 14.7 Å². The van der Waals surface area contributed by atoms with Gasteiger partial charge in [-0.3, -0.25) is 14.6 Å². The van der Waals surface area contributed by atoms with E-state index < -0.39 is 17.7 Å². The Bertz CT molecular complexity index is 1150. The molecule has 6 nitrogen and oxygen atoms in total. The largest absolute Gasteiger partial charge is 0.507 e. The molecule has 3 aromatic rings. The molecule has 1 saturated heterocycles. The standard InChI is InChI=1S/C25H22N2O4/c1-16-10-12-17(13-11-16)23(28)21-22(19-8-3-4-9-20(19)31-2)27(25(30)24(21)29)15-18-7-5-6-14-26-18/h3-14,22,28H,15H2,1-2H3/b23-21-. The third-order valence-electron chi connectivity index (χ3n) is 5.36. The molecule has 0 radical (unpaired) electrons. The highest BCUT2D eigenvalue weighted by atomic mass is 16.5. The van der Waals surface area contributed by atoms with Crippen molar-refractivity contribution in [2.75, 3.05) is 7.11 Å². The first-order chi connectivity index (χ1) is 15.0. The summed E-state index contributed by atoms with van der Waals surface area (Å²) >= 11 is 0. The molecule has 2 heterocycles. The van der Waals surface area contributed by atoms with Crippen LogP contribution in [0.3, 0.4) is 0 Å². The number of pyridine rings is 1. The molecule has 1 aliphatic rings. The van der Waals surface area contributed by atoms with Crippen molar-refractivity contribution < 1.29 is 19.4 Å². The van der Waals surface area contributed by atoms with Crippen LogP contribution in [-0.2, 0) is 16.1 Å². The quantitative estimate of drug-likeness (QED) is 0.388. The highest BCUT2D eigenvalue weighted by molar-refractivity contribution is 6.46. The summed E-state index contributed by atoms with van der Waals surface area (Å²) < 4.78 is 5.51. The lowest BCUT2D eigenvalue weighted by atomic mass is 9.94. The van der Waals surface area contributed by atoms with Gasteiger partial charge in [-0.15, -0.1) is 0 Å². The molecular weight excluding hydrogens is 392 g/mol. The van der Waals surface area contributed by atoms with Crippen LogP contribution < -0.4 is 4.74 Å². The van der Waals surface area contributed by atoms with Crippen LogP contribution in [0, 0.1) is 6.92 Å². The van der Waals surface area contributed by atoms with Crippen LogP contribution in [0.25, 0.3) is 5.76 Å². The van der Waals surface area contributed by atoms with Gasteiger partial charge in [0.05, 0.1) is 31.0 Å². The Morgan fingerprint density at radius 3 is 2.42 bits per heavy atom. The van der Waals surface area contributed by atoms with Crippen molar-refractivity contribution in [3.8, 4) is 5.75 Å². The number of rotatable bonds is 5. The van der Waals surface area contributed by atoms with Crippen molar-refractivity contribution >= 4 is 17.4 Å². The zero-order chi connectivity index (χ0) is 22.0. The van der Waals surface area contributed by atoms with Crippen molar-refractivity contribution in [3.63, 3.8) is 0 Å². The second-order valence-corrected chi connectivity index (χ2v) is 7.36. The Kier molecular flexibility index (Phi) is 5.54. The molecule has 1 fully saturated rings. The lowest BCUT2D eigenvalue weighted by Crippen LogP contribution is -2.29. The summed E-state index contributed by atoms with van der Waals surface area (Å²) in [6, 6.07) is 18.9. The Morgan fingerprint density at radius 2 is 1.74 bits per heavy atom. The molecule has 1 aromatic heterocycles. The van der Waals surface area contributed by atoms with Gasteiger partial charge in [-0.2, -0.15) is 0 Å². The summed E-state index contributed by atoms with van der Waals surface area (Å²) in [6.07, 6.45) is 1.64. The lowest BCUT2D eigenvalue weighted by Gasteiger charge is -2.26.